The smallest absolute Gasteiger partial charge is 0.230 e. The molecule has 3 aromatic rings. The van der Waals surface area contributed by atoms with Crippen molar-refractivity contribution in [3.8, 4) is 0 Å². The highest BCUT2D eigenvalue weighted by molar-refractivity contribution is 5.78. The molecule has 0 bridgehead atoms. The van der Waals surface area contributed by atoms with Crippen molar-refractivity contribution in [2.24, 2.45) is 0 Å². The summed E-state index contributed by atoms with van der Waals surface area (Å²) in [5, 5.41) is 26.7. The van der Waals surface area contributed by atoms with E-state index in [4.69, 9.17) is 4.42 Å². The Labute approximate surface area is 151 Å². The normalized spacial score (nSPS) is 21.2. The number of aliphatic hydroxyl groups is 1. The van der Waals surface area contributed by atoms with Gasteiger partial charge in [0, 0.05) is 31.9 Å². The first-order valence-electron chi connectivity index (χ1n) is 8.98. The predicted molar refractivity (Wildman–Crippen MR) is 96.3 cm³/mol. The number of likely N-dealkylation sites (tertiary alicyclic amines) is 1. The first-order chi connectivity index (χ1) is 12.6. The molecule has 1 aliphatic rings. The molecule has 0 radical (unpaired) electrons. The average Bonchev–Trinajstić information content (AvgIpc) is 3.33. The van der Waals surface area contributed by atoms with Gasteiger partial charge in [0.15, 0.2) is 0 Å². The van der Waals surface area contributed by atoms with Gasteiger partial charge in [-0.1, -0.05) is 19.1 Å². The van der Waals surface area contributed by atoms with E-state index in [2.05, 4.69) is 55.3 Å². The van der Waals surface area contributed by atoms with Crippen molar-refractivity contribution < 1.29 is 9.52 Å². The van der Waals surface area contributed by atoms with E-state index in [9.17, 15) is 5.11 Å². The third-order valence-corrected chi connectivity index (χ3v) is 5.03. The van der Waals surface area contributed by atoms with Crippen LogP contribution >= 0.6 is 0 Å². The van der Waals surface area contributed by atoms with Gasteiger partial charge in [-0.3, -0.25) is 14.9 Å². The summed E-state index contributed by atoms with van der Waals surface area (Å²) in [5.41, 5.74) is 2.26. The number of nitrogens with zero attached hydrogens (tertiary/aromatic N) is 5. The Morgan fingerprint density at radius 3 is 3.00 bits per heavy atom. The number of hydrogen-bond donors (Lipinski definition) is 2. The number of aryl methyl sites for hydroxylation is 1. The van der Waals surface area contributed by atoms with Crippen LogP contribution in [0.4, 0.5) is 0 Å². The zero-order chi connectivity index (χ0) is 18.1. The Hall–Kier alpha value is -2.29. The number of β-amino-alcohol motifs (C(OH)–C–C–N with tert-alkyl or cyclic N) is 1. The molecule has 2 aromatic heterocycles. The number of aliphatic hydroxyl groups excluding tert-OH is 1. The van der Waals surface area contributed by atoms with Crippen LogP contribution in [0.15, 0.2) is 28.8 Å². The lowest BCUT2D eigenvalue weighted by atomic mass is 10.1. The molecule has 2 atom stereocenters. The number of benzene rings is 1. The van der Waals surface area contributed by atoms with Crippen molar-refractivity contribution in [3.63, 3.8) is 0 Å². The molecule has 26 heavy (non-hydrogen) atoms. The van der Waals surface area contributed by atoms with Gasteiger partial charge in [-0.15, -0.1) is 10.2 Å². The molecule has 0 spiro atoms. The molecule has 0 amide bonds. The van der Waals surface area contributed by atoms with Gasteiger partial charge < -0.3 is 9.52 Å². The number of rotatable bonds is 6. The Bertz CT molecular complexity index is 875. The summed E-state index contributed by atoms with van der Waals surface area (Å²) in [4.78, 5) is 4.49. The zero-order valence-corrected chi connectivity index (χ0v) is 15.1. The molecule has 2 N–H and O–H groups in total. The van der Waals surface area contributed by atoms with Crippen molar-refractivity contribution >= 4 is 10.9 Å². The van der Waals surface area contributed by atoms with E-state index >= 15 is 0 Å². The number of likely N-dealkylation sites (N-methyl/N-ethyl adjacent to an activating group) is 1. The van der Waals surface area contributed by atoms with Crippen LogP contribution in [0, 0.1) is 6.92 Å². The fourth-order valence-electron chi connectivity index (χ4n) is 3.71. The topological polar surface area (TPSA) is 94.3 Å². The first-order valence-corrected chi connectivity index (χ1v) is 8.98. The van der Waals surface area contributed by atoms with Crippen molar-refractivity contribution in [1.29, 1.82) is 0 Å². The standard InChI is InChI=1S/C18H24N6O2/c1-3-24(11-18-22-20-12(2)26-18)16-9-23(10-17(16)25)8-13-4-5-14-7-19-21-15(14)6-13/h4-7,16-17,25H,3,8-11H2,1-2H3,(H,19,21)/t16-,17-/m1/s1. The van der Waals surface area contributed by atoms with E-state index in [1.54, 1.807) is 6.92 Å². The second-order valence-corrected chi connectivity index (χ2v) is 6.90. The van der Waals surface area contributed by atoms with E-state index in [1.807, 2.05) is 6.20 Å². The van der Waals surface area contributed by atoms with Crippen molar-refractivity contribution in [2.75, 3.05) is 19.6 Å². The van der Waals surface area contributed by atoms with Crippen LogP contribution in [0.3, 0.4) is 0 Å². The van der Waals surface area contributed by atoms with Gasteiger partial charge in [-0.2, -0.15) is 5.10 Å². The number of aromatic nitrogens is 4. The Morgan fingerprint density at radius 1 is 1.35 bits per heavy atom. The SMILES string of the molecule is CCN(Cc1nnc(C)o1)[C@@H]1CN(Cc2ccc3cn[nH]c3c2)C[C@H]1O. The molecule has 0 unspecified atom stereocenters. The molecule has 138 valence electrons. The van der Waals surface area contributed by atoms with E-state index in [0.29, 0.717) is 24.9 Å². The van der Waals surface area contributed by atoms with Crippen LogP contribution in [-0.4, -0.2) is 67.1 Å². The van der Waals surface area contributed by atoms with Crippen LogP contribution in [0.2, 0.25) is 0 Å². The molecule has 1 fully saturated rings. The molecule has 8 heteroatoms. The first kappa shape index (κ1) is 17.1. The summed E-state index contributed by atoms with van der Waals surface area (Å²) in [6.45, 7) is 7.53. The van der Waals surface area contributed by atoms with E-state index in [-0.39, 0.29) is 6.04 Å². The van der Waals surface area contributed by atoms with Crippen molar-refractivity contribution in [1.82, 2.24) is 30.2 Å². The number of hydrogen-bond acceptors (Lipinski definition) is 7. The predicted octanol–water partition coefficient (Wildman–Crippen LogP) is 1.32. The summed E-state index contributed by atoms with van der Waals surface area (Å²) < 4.78 is 5.50. The number of H-pyrrole nitrogens is 1. The van der Waals surface area contributed by atoms with Crippen LogP contribution in [0.5, 0.6) is 0 Å². The van der Waals surface area contributed by atoms with Crippen LogP contribution in [-0.2, 0) is 13.1 Å². The summed E-state index contributed by atoms with van der Waals surface area (Å²) in [7, 11) is 0. The molecule has 4 rings (SSSR count). The van der Waals surface area contributed by atoms with Crippen LogP contribution < -0.4 is 0 Å². The Kier molecular flexibility index (Phi) is 4.71. The number of aromatic amines is 1. The van der Waals surface area contributed by atoms with E-state index in [1.165, 1.54) is 5.56 Å². The second-order valence-electron chi connectivity index (χ2n) is 6.90. The zero-order valence-electron chi connectivity index (χ0n) is 15.1. The minimum Gasteiger partial charge on any atom is -0.424 e. The molecule has 1 aliphatic heterocycles. The third-order valence-electron chi connectivity index (χ3n) is 5.03. The van der Waals surface area contributed by atoms with Gasteiger partial charge in [-0.05, 0) is 18.2 Å². The van der Waals surface area contributed by atoms with Gasteiger partial charge in [0.1, 0.15) is 0 Å². The van der Waals surface area contributed by atoms with Crippen LogP contribution in [0.25, 0.3) is 10.9 Å². The molecular formula is C18H24N6O2. The lowest BCUT2D eigenvalue weighted by molar-refractivity contribution is 0.0760. The van der Waals surface area contributed by atoms with E-state index in [0.717, 1.165) is 30.5 Å². The largest absolute Gasteiger partial charge is 0.424 e. The fourth-order valence-corrected chi connectivity index (χ4v) is 3.71. The fraction of sp³-hybridized carbons (Fsp3) is 0.500. The summed E-state index contributed by atoms with van der Waals surface area (Å²) in [6.07, 6.45) is 1.43. The third kappa shape index (κ3) is 3.48. The second kappa shape index (κ2) is 7.14. The molecular weight excluding hydrogens is 332 g/mol. The van der Waals surface area contributed by atoms with Gasteiger partial charge in [-0.25, -0.2) is 0 Å². The minimum atomic E-state index is -0.394. The maximum Gasteiger partial charge on any atom is 0.230 e. The highest BCUT2D eigenvalue weighted by Gasteiger charge is 2.35. The average molecular weight is 356 g/mol. The number of nitrogens with one attached hydrogen (secondary N) is 1. The summed E-state index contributed by atoms with van der Waals surface area (Å²) >= 11 is 0. The Morgan fingerprint density at radius 2 is 2.23 bits per heavy atom. The maximum absolute atomic E-state index is 10.6. The molecule has 1 aromatic carbocycles. The lowest BCUT2D eigenvalue weighted by Gasteiger charge is -2.28. The molecule has 0 saturated carbocycles. The van der Waals surface area contributed by atoms with Crippen LogP contribution in [0.1, 0.15) is 24.3 Å². The molecule has 1 saturated heterocycles. The van der Waals surface area contributed by atoms with Gasteiger partial charge in [0.05, 0.1) is 30.4 Å². The molecule has 8 nitrogen and oxygen atoms in total. The van der Waals surface area contributed by atoms with Gasteiger partial charge in [0.2, 0.25) is 11.8 Å². The highest BCUT2D eigenvalue weighted by Crippen LogP contribution is 2.21. The number of fused-ring (bicyclic) bond motifs is 1. The maximum atomic E-state index is 10.6. The monoisotopic (exact) mass is 356 g/mol. The minimum absolute atomic E-state index is 0.0584. The lowest BCUT2D eigenvalue weighted by Crippen LogP contribution is -2.42. The van der Waals surface area contributed by atoms with Crippen molar-refractivity contribution in [3.05, 3.63) is 41.7 Å². The van der Waals surface area contributed by atoms with Gasteiger partial charge in [0.25, 0.3) is 0 Å². The summed E-state index contributed by atoms with van der Waals surface area (Å²) in [6, 6.07) is 6.38. The Balaban J connectivity index is 1.42. The van der Waals surface area contributed by atoms with Gasteiger partial charge >= 0.3 is 0 Å². The molecule has 3 heterocycles. The van der Waals surface area contributed by atoms with E-state index < -0.39 is 6.10 Å². The summed E-state index contributed by atoms with van der Waals surface area (Å²) in [5.74, 6) is 1.17. The quantitative estimate of drug-likeness (QED) is 0.688. The van der Waals surface area contributed by atoms with Crippen molar-refractivity contribution in [2.45, 2.75) is 39.1 Å². The molecule has 0 aliphatic carbocycles. The highest BCUT2D eigenvalue weighted by atomic mass is 16.4.